The zero-order valence-corrected chi connectivity index (χ0v) is 10.2. The second kappa shape index (κ2) is 5.30. The van der Waals surface area contributed by atoms with Gasteiger partial charge in [-0.1, -0.05) is 47.1 Å². The molecular formula is C12H15BrO. The molecule has 1 aromatic carbocycles. The van der Waals surface area contributed by atoms with Crippen LogP contribution in [0.1, 0.15) is 25.0 Å². The lowest BCUT2D eigenvalue weighted by Gasteiger charge is -2.06. The molecule has 76 valence electrons. The van der Waals surface area contributed by atoms with E-state index in [-0.39, 0.29) is 10.6 Å². The fourth-order valence-corrected chi connectivity index (χ4v) is 1.64. The zero-order chi connectivity index (χ0) is 10.6. The minimum atomic E-state index is -0.0463. The second-order valence-electron chi connectivity index (χ2n) is 3.45. The summed E-state index contributed by atoms with van der Waals surface area (Å²) in [6.45, 7) is 3.75. The van der Waals surface area contributed by atoms with Crippen molar-refractivity contribution in [3.05, 3.63) is 35.4 Å². The highest BCUT2D eigenvalue weighted by molar-refractivity contribution is 9.10. The maximum atomic E-state index is 11.0. The van der Waals surface area contributed by atoms with Crippen LogP contribution in [0.5, 0.6) is 0 Å². The van der Waals surface area contributed by atoms with E-state index in [4.69, 9.17) is 0 Å². The van der Waals surface area contributed by atoms with E-state index in [0.717, 1.165) is 12.8 Å². The predicted molar refractivity (Wildman–Crippen MR) is 62.9 cm³/mol. The van der Waals surface area contributed by atoms with Gasteiger partial charge in [-0.15, -0.1) is 0 Å². The summed E-state index contributed by atoms with van der Waals surface area (Å²) in [6.07, 6.45) is 1.84. The number of carbonyl (C=O) groups excluding carboxylic acids is 1. The summed E-state index contributed by atoms with van der Waals surface area (Å²) in [5.74, 6) is 0.185. The zero-order valence-electron chi connectivity index (χ0n) is 8.59. The summed E-state index contributed by atoms with van der Waals surface area (Å²) in [6, 6.07) is 8.43. The van der Waals surface area contributed by atoms with Crippen molar-refractivity contribution in [1.82, 2.24) is 0 Å². The molecule has 1 unspecified atom stereocenters. The number of carbonyl (C=O) groups is 1. The van der Waals surface area contributed by atoms with Crippen LogP contribution in [0.2, 0.25) is 0 Å². The highest BCUT2D eigenvalue weighted by Crippen LogP contribution is 2.12. The quantitative estimate of drug-likeness (QED) is 0.755. The normalized spacial score (nSPS) is 12.5. The molecule has 0 N–H and O–H groups in total. The Morgan fingerprint density at radius 1 is 1.29 bits per heavy atom. The van der Waals surface area contributed by atoms with Crippen LogP contribution in [-0.2, 0) is 17.6 Å². The minimum Gasteiger partial charge on any atom is -0.299 e. The Bertz CT molecular complexity index is 303. The maximum absolute atomic E-state index is 11.0. The smallest absolute Gasteiger partial charge is 0.143 e. The molecule has 0 heterocycles. The Morgan fingerprint density at radius 3 is 2.21 bits per heavy atom. The second-order valence-corrected chi connectivity index (χ2v) is 4.56. The van der Waals surface area contributed by atoms with Crippen LogP contribution >= 0.6 is 15.9 Å². The molecule has 1 nitrogen and oxygen atoms in total. The first-order chi connectivity index (χ1) is 6.63. The Hall–Kier alpha value is -0.630. The van der Waals surface area contributed by atoms with Gasteiger partial charge in [-0.25, -0.2) is 0 Å². The largest absolute Gasteiger partial charge is 0.299 e. The summed E-state index contributed by atoms with van der Waals surface area (Å²) in [5.41, 5.74) is 2.54. The third kappa shape index (κ3) is 3.26. The molecule has 14 heavy (non-hydrogen) atoms. The Labute approximate surface area is 93.7 Å². The fraction of sp³-hybridized carbons (Fsp3) is 0.417. The van der Waals surface area contributed by atoms with E-state index in [1.54, 1.807) is 6.92 Å². The monoisotopic (exact) mass is 254 g/mol. The number of halogens is 1. The number of aryl methyl sites for hydroxylation is 1. The molecule has 0 aliphatic heterocycles. The van der Waals surface area contributed by atoms with Gasteiger partial charge in [0.05, 0.1) is 4.83 Å². The van der Waals surface area contributed by atoms with Gasteiger partial charge in [0.15, 0.2) is 0 Å². The lowest BCUT2D eigenvalue weighted by atomic mass is 10.1. The summed E-state index contributed by atoms with van der Waals surface area (Å²) in [7, 11) is 0. The molecule has 0 saturated carbocycles. The number of hydrogen-bond donors (Lipinski definition) is 0. The number of benzene rings is 1. The number of rotatable bonds is 4. The summed E-state index contributed by atoms with van der Waals surface area (Å²) in [5, 5.41) is 0. The number of alkyl halides is 1. The average molecular weight is 255 g/mol. The Balaban J connectivity index is 2.64. The fourth-order valence-electron chi connectivity index (χ4n) is 1.26. The van der Waals surface area contributed by atoms with Gasteiger partial charge in [0, 0.05) is 0 Å². The topological polar surface area (TPSA) is 17.1 Å². The van der Waals surface area contributed by atoms with Crippen molar-refractivity contribution in [2.24, 2.45) is 0 Å². The van der Waals surface area contributed by atoms with E-state index in [9.17, 15) is 4.79 Å². The SMILES string of the molecule is CCc1ccc(CC(Br)C(C)=O)cc1. The third-order valence-corrected chi connectivity index (χ3v) is 3.26. The molecule has 1 aromatic rings. The van der Waals surface area contributed by atoms with Crippen molar-refractivity contribution in [2.45, 2.75) is 31.5 Å². The van der Waals surface area contributed by atoms with Gasteiger partial charge in [0.1, 0.15) is 5.78 Å². The van der Waals surface area contributed by atoms with Crippen molar-refractivity contribution in [2.75, 3.05) is 0 Å². The van der Waals surface area contributed by atoms with Crippen molar-refractivity contribution in [3.8, 4) is 0 Å². The van der Waals surface area contributed by atoms with Crippen molar-refractivity contribution in [3.63, 3.8) is 0 Å². The molecule has 0 aliphatic carbocycles. The van der Waals surface area contributed by atoms with Crippen LogP contribution in [-0.4, -0.2) is 10.6 Å². The number of hydrogen-bond acceptors (Lipinski definition) is 1. The van der Waals surface area contributed by atoms with Crippen molar-refractivity contribution >= 4 is 21.7 Å². The van der Waals surface area contributed by atoms with Gasteiger partial charge >= 0.3 is 0 Å². The number of ketones is 1. The highest BCUT2D eigenvalue weighted by Gasteiger charge is 2.09. The summed E-state index contributed by atoms with van der Waals surface area (Å²) in [4.78, 5) is 11.0. The molecule has 1 atom stereocenters. The van der Waals surface area contributed by atoms with Crippen LogP contribution in [0.3, 0.4) is 0 Å². The first-order valence-electron chi connectivity index (χ1n) is 4.85. The minimum absolute atomic E-state index is 0.0463. The average Bonchev–Trinajstić information content (AvgIpc) is 2.19. The van der Waals surface area contributed by atoms with Gasteiger partial charge in [-0.3, -0.25) is 4.79 Å². The van der Waals surface area contributed by atoms with E-state index in [2.05, 4.69) is 47.1 Å². The van der Waals surface area contributed by atoms with E-state index in [1.807, 2.05) is 0 Å². The standard InChI is InChI=1S/C12H15BrO/c1-3-10-4-6-11(7-5-10)8-12(13)9(2)14/h4-7,12H,3,8H2,1-2H3. The first-order valence-corrected chi connectivity index (χ1v) is 5.77. The first kappa shape index (κ1) is 11.4. The predicted octanol–water partition coefficient (Wildman–Crippen LogP) is 3.14. The van der Waals surface area contributed by atoms with Crippen LogP contribution in [0.4, 0.5) is 0 Å². The third-order valence-electron chi connectivity index (χ3n) is 2.29. The molecule has 0 aliphatic rings. The Morgan fingerprint density at radius 2 is 1.79 bits per heavy atom. The lowest BCUT2D eigenvalue weighted by Crippen LogP contribution is -2.12. The molecular weight excluding hydrogens is 240 g/mol. The van der Waals surface area contributed by atoms with Gasteiger partial charge in [0.25, 0.3) is 0 Å². The van der Waals surface area contributed by atoms with E-state index in [0.29, 0.717) is 0 Å². The lowest BCUT2D eigenvalue weighted by molar-refractivity contribution is -0.116. The van der Waals surface area contributed by atoms with Crippen LogP contribution < -0.4 is 0 Å². The number of Topliss-reactive ketones (excluding diaryl/α,β-unsaturated/α-hetero) is 1. The molecule has 0 saturated heterocycles. The summed E-state index contributed by atoms with van der Waals surface area (Å²) < 4.78 is 0. The molecule has 0 fully saturated rings. The highest BCUT2D eigenvalue weighted by atomic mass is 79.9. The molecule has 0 amide bonds. The maximum Gasteiger partial charge on any atom is 0.143 e. The van der Waals surface area contributed by atoms with Crippen molar-refractivity contribution < 1.29 is 4.79 Å². The molecule has 0 spiro atoms. The molecule has 0 aromatic heterocycles. The molecule has 0 bridgehead atoms. The van der Waals surface area contributed by atoms with E-state index < -0.39 is 0 Å². The van der Waals surface area contributed by atoms with Gasteiger partial charge in [-0.2, -0.15) is 0 Å². The van der Waals surface area contributed by atoms with Gasteiger partial charge in [-0.05, 0) is 30.9 Å². The summed E-state index contributed by atoms with van der Waals surface area (Å²) >= 11 is 3.36. The van der Waals surface area contributed by atoms with Crippen molar-refractivity contribution in [1.29, 1.82) is 0 Å². The molecule has 1 rings (SSSR count). The van der Waals surface area contributed by atoms with Gasteiger partial charge < -0.3 is 0 Å². The van der Waals surface area contributed by atoms with Crippen LogP contribution in [0.15, 0.2) is 24.3 Å². The van der Waals surface area contributed by atoms with Crippen LogP contribution in [0.25, 0.3) is 0 Å². The van der Waals surface area contributed by atoms with E-state index >= 15 is 0 Å². The van der Waals surface area contributed by atoms with Gasteiger partial charge in [0.2, 0.25) is 0 Å². The molecule has 2 heteroatoms. The molecule has 0 radical (unpaired) electrons. The van der Waals surface area contributed by atoms with Crippen LogP contribution in [0, 0.1) is 0 Å². The Kier molecular flexibility index (Phi) is 4.33. The van der Waals surface area contributed by atoms with E-state index in [1.165, 1.54) is 11.1 Å².